The zero-order valence-electron chi connectivity index (χ0n) is 18.0. The molecule has 0 saturated heterocycles. The van der Waals surface area contributed by atoms with Gasteiger partial charge in [0.2, 0.25) is 5.91 Å². The zero-order chi connectivity index (χ0) is 23.1. The van der Waals surface area contributed by atoms with Crippen molar-refractivity contribution in [3.63, 3.8) is 0 Å². The molecule has 1 unspecified atom stereocenters. The average molecular weight is 474 g/mol. The molecule has 3 rings (SSSR count). The van der Waals surface area contributed by atoms with Gasteiger partial charge in [-0.05, 0) is 62.6 Å². The fourth-order valence-corrected chi connectivity index (χ4v) is 4.27. The SMILES string of the molecule is CCn1c(SCC(=O)Nc2cccc(SC)c2)nnc1C(C)NC(=O)c1ccc(F)cc1. The van der Waals surface area contributed by atoms with Gasteiger partial charge in [-0.15, -0.1) is 22.0 Å². The number of carbonyl (C=O) groups is 2. The molecule has 0 radical (unpaired) electrons. The van der Waals surface area contributed by atoms with Gasteiger partial charge in [0, 0.05) is 22.7 Å². The Labute approximate surface area is 194 Å². The Hall–Kier alpha value is -2.85. The van der Waals surface area contributed by atoms with Crippen molar-refractivity contribution in [2.75, 3.05) is 17.3 Å². The van der Waals surface area contributed by atoms with E-state index in [1.54, 1.807) is 18.7 Å². The highest BCUT2D eigenvalue weighted by Gasteiger charge is 2.20. The van der Waals surface area contributed by atoms with Gasteiger partial charge in [-0.3, -0.25) is 9.59 Å². The van der Waals surface area contributed by atoms with E-state index in [2.05, 4.69) is 20.8 Å². The molecule has 2 amide bonds. The van der Waals surface area contributed by atoms with Crippen LogP contribution in [-0.4, -0.2) is 38.6 Å². The first-order valence-corrected chi connectivity index (χ1v) is 12.2. The molecule has 7 nitrogen and oxygen atoms in total. The summed E-state index contributed by atoms with van der Waals surface area (Å²) in [6.07, 6.45) is 1.98. The summed E-state index contributed by atoms with van der Waals surface area (Å²) in [5.41, 5.74) is 1.11. The van der Waals surface area contributed by atoms with Gasteiger partial charge in [-0.25, -0.2) is 4.39 Å². The number of halogens is 1. The quantitative estimate of drug-likeness (QED) is 0.449. The number of benzene rings is 2. The maximum absolute atomic E-state index is 13.1. The minimum absolute atomic E-state index is 0.141. The molecule has 0 aliphatic heterocycles. The number of thioether (sulfide) groups is 2. The Balaban J connectivity index is 1.61. The van der Waals surface area contributed by atoms with Gasteiger partial charge in [0.25, 0.3) is 5.91 Å². The third kappa shape index (κ3) is 6.10. The molecule has 2 N–H and O–H groups in total. The molecule has 1 aromatic heterocycles. The average Bonchev–Trinajstić information content (AvgIpc) is 3.21. The molecular formula is C22H24FN5O2S2. The molecule has 1 heterocycles. The number of hydrogen-bond acceptors (Lipinski definition) is 6. The maximum Gasteiger partial charge on any atom is 0.251 e. The topological polar surface area (TPSA) is 88.9 Å². The second kappa shape index (κ2) is 11.1. The molecule has 32 heavy (non-hydrogen) atoms. The monoisotopic (exact) mass is 473 g/mol. The number of hydrogen-bond donors (Lipinski definition) is 2. The van der Waals surface area contributed by atoms with Crippen LogP contribution in [-0.2, 0) is 11.3 Å². The highest BCUT2D eigenvalue weighted by atomic mass is 32.2. The fraction of sp³-hybridized carbons (Fsp3) is 0.273. The molecular weight excluding hydrogens is 449 g/mol. The minimum atomic E-state index is -0.419. The summed E-state index contributed by atoms with van der Waals surface area (Å²) in [6.45, 7) is 4.33. The van der Waals surface area contributed by atoms with E-state index in [-0.39, 0.29) is 17.6 Å². The van der Waals surface area contributed by atoms with Crippen LogP contribution in [0.25, 0.3) is 0 Å². The molecule has 2 aromatic carbocycles. The number of carbonyl (C=O) groups excluding carboxylic acids is 2. The van der Waals surface area contributed by atoms with Crippen molar-refractivity contribution in [1.82, 2.24) is 20.1 Å². The van der Waals surface area contributed by atoms with Gasteiger partial charge >= 0.3 is 0 Å². The molecule has 10 heteroatoms. The lowest BCUT2D eigenvalue weighted by molar-refractivity contribution is -0.113. The van der Waals surface area contributed by atoms with Crippen molar-refractivity contribution in [2.45, 2.75) is 36.5 Å². The molecule has 0 bridgehead atoms. The van der Waals surface area contributed by atoms with Gasteiger partial charge in [0.1, 0.15) is 5.82 Å². The highest BCUT2D eigenvalue weighted by Crippen LogP contribution is 2.22. The number of nitrogens with zero attached hydrogens (tertiary/aromatic N) is 3. The van der Waals surface area contributed by atoms with Crippen molar-refractivity contribution in [2.24, 2.45) is 0 Å². The lowest BCUT2D eigenvalue weighted by Gasteiger charge is -2.15. The van der Waals surface area contributed by atoms with Crippen LogP contribution in [0.2, 0.25) is 0 Å². The van der Waals surface area contributed by atoms with Crippen molar-refractivity contribution in [1.29, 1.82) is 0 Å². The number of nitrogens with one attached hydrogen (secondary N) is 2. The second-order valence-electron chi connectivity index (χ2n) is 6.86. The van der Waals surface area contributed by atoms with E-state index in [4.69, 9.17) is 0 Å². The van der Waals surface area contributed by atoms with Gasteiger partial charge in [0.15, 0.2) is 11.0 Å². The molecule has 0 spiro atoms. The molecule has 3 aromatic rings. The van der Waals surface area contributed by atoms with Crippen molar-refractivity contribution in [3.8, 4) is 0 Å². The van der Waals surface area contributed by atoms with Crippen LogP contribution in [0.3, 0.4) is 0 Å². The lowest BCUT2D eigenvalue weighted by atomic mass is 10.2. The number of rotatable bonds is 9. The smallest absolute Gasteiger partial charge is 0.251 e. The summed E-state index contributed by atoms with van der Waals surface area (Å²) < 4.78 is 14.9. The summed E-state index contributed by atoms with van der Waals surface area (Å²) in [4.78, 5) is 25.9. The Bertz CT molecular complexity index is 1090. The van der Waals surface area contributed by atoms with Crippen LogP contribution in [0.4, 0.5) is 10.1 Å². The summed E-state index contributed by atoms with van der Waals surface area (Å²) in [5.74, 6) is -0.110. The first-order valence-electron chi connectivity index (χ1n) is 9.97. The van der Waals surface area contributed by atoms with Gasteiger partial charge in [-0.1, -0.05) is 17.8 Å². The molecule has 0 fully saturated rings. The van der Waals surface area contributed by atoms with Crippen LogP contribution in [0.15, 0.2) is 58.6 Å². The second-order valence-corrected chi connectivity index (χ2v) is 8.68. The van der Waals surface area contributed by atoms with E-state index < -0.39 is 11.9 Å². The Morgan fingerprint density at radius 1 is 1.16 bits per heavy atom. The van der Waals surface area contributed by atoms with Crippen LogP contribution < -0.4 is 10.6 Å². The number of aromatic nitrogens is 3. The van der Waals surface area contributed by atoms with E-state index >= 15 is 0 Å². The third-order valence-corrected chi connectivity index (χ3v) is 6.28. The predicted octanol–water partition coefficient (Wildman–Crippen LogP) is 4.38. The van der Waals surface area contributed by atoms with Crippen molar-refractivity contribution in [3.05, 3.63) is 65.7 Å². The minimum Gasteiger partial charge on any atom is -0.342 e. The summed E-state index contributed by atoms with van der Waals surface area (Å²) in [6, 6.07) is 12.6. The number of anilines is 1. The molecule has 0 saturated carbocycles. The van der Waals surface area contributed by atoms with Crippen LogP contribution >= 0.6 is 23.5 Å². The van der Waals surface area contributed by atoms with Crippen molar-refractivity contribution < 1.29 is 14.0 Å². The predicted molar refractivity (Wildman–Crippen MR) is 126 cm³/mol. The largest absolute Gasteiger partial charge is 0.342 e. The summed E-state index contributed by atoms with van der Waals surface area (Å²) in [5, 5.41) is 14.7. The Morgan fingerprint density at radius 3 is 2.59 bits per heavy atom. The molecule has 1 atom stereocenters. The van der Waals surface area contributed by atoms with E-state index in [0.29, 0.717) is 23.1 Å². The van der Waals surface area contributed by atoms with E-state index in [9.17, 15) is 14.0 Å². The molecule has 0 aliphatic carbocycles. The summed E-state index contributed by atoms with van der Waals surface area (Å²) >= 11 is 2.89. The zero-order valence-corrected chi connectivity index (χ0v) is 19.6. The lowest BCUT2D eigenvalue weighted by Crippen LogP contribution is -2.28. The third-order valence-electron chi connectivity index (χ3n) is 4.59. The fourth-order valence-electron chi connectivity index (χ4n) is 3.00. The normalized spacial score (nSPS) is 11.8. The van der Waals surface area contributed by atoms with Crippen molar-refractivity contribution >= 4 is 41.0 Å². The Morgan fingerprint density at radius 2 is 1.91 bits per heavy atom. The standard InChI is InChI=1S/C22H24FN5O2S2/c1-4-28-20(14(2)24-21(30)15-8-10-16(23)11-9-15)26-27-22(28)32-13-19(29)25-17-6-5-7-18(12-17)31-3/h5-12,14H,4,13H2,1-3H3,(H,24,30)(H,25,29). The first-order chi connectivity index (χ1) is 15.4. The Kier molecular flexibility index (Phi) is 8.29. The van der Waals surface area contributed by atoms with Gasteiger partial charge in [-0.2, -0.15) is 0 Å². The van der Waals surface area contributed by atoms with E-state index in [1.807, 2.05) is 42.0 Å². The van der Waals surface area contributed by atoms with Gasteiger partial charge in [0.05, 0.1) is 11.8 Å². The van der Waals surface area contributed by atoms with E-state index in [0.717, 1.165) is 10.6 Å². The highest BCUT2D eigenvalue weighted by molar-refractivity contribution is 7.99. The van der Waals surface area contributed by atoms with E-state index in [1.165, 1.54) is 36.0 Å². The first kappa shape index (κ1) is 23.8. The molecule has 168 valence electrons. The maximum atomic E-state index is 13.1. The van der Waals surface area contributed by atoms with Crippen LogP contribution in [0, 0.1) is 5.82 Å². The summed E-state index contributed by atoms with van der Waals surface area (Å²) in [7, 11) is 0. The number of amides is 2. The van der Waals surface area contributed by atoms with Crippen LogP contribution in [0.5, 0.6) is 0 Å². The molecule has 0 aliphatic rings. The van der Waals surface area contributed by atoms with Crippen LogP contribution in [0.1, 0.15) is 36.1 Å². The van der Waals surface area contributed by atoms with Gasteiger partial charge < -0.3 is 15.2 Å².